The first-order valence-corrected chi connectivity index (χ1v) is 6.81. The van der Waals surface area contributed by atoms with Gasteiger partial charge in [-0.15, -0.1) is 0 Å². The fraction of sp³-hybridized carbons (Fsp3) is 0.176. The van der Waals surface area contributed by atoms with Gasteiger partial charge in [0, 0.05) is 0 Å². The summed E-state index contributed by atoms with van der Waals surface area (Å²) in [4.78, 5) is 12.2. The van der Waals surface area contributed by atoms with Gasteiger partial charge in [0.05, 0.1) is 18.4 Å². The van der Waals surface area contributed by atoms with Crippen LogP contribution in [0.3, 0.4) is 0 Å². The van der Waals surface area contributed by atoms with Gasteiger partial charge in [0.1, 0.15) is 5.75 Å². The molecule has 108 valence electrons. The number of hydrogen-bond acceptors (Lipinski definition) is 3. The quantitative estimate of drug-likeness (QED) is 0.676. The van der Waals surface area contributed by atoms with Gasteiger partial charge in [-0.3, -0.25) is 4.79 Å². The highest BCUT2D eigenvalue weighted by molar-refractivity contribution is 6.02. The zero-order chi connectivity index (χ0) is 15.1. The number of hydrogen-bond donors (Lipinski definition) is 1. The SMILES string of the molecule is CCC(=NNC(=O)c1ccccc1OC)c1ccccc1. The van der Waals surface area contributed by atoms with Crippen molar-refractivity contribution < 1.29 is 9.53 Å². The van der Waals surface area contributed by atoms with Gasteiger partial charge in [-0.05, 0) is 24.1 Å². The number of amides is 1. The van der Waals surface area contributed by atoms with Gasteiger partial charge in [-0.25, -0.2) is 5.43 Å². The Morgan fingerprint density at radius 1 is 1.10 bits per heavy atom. The fourth-order valence-electron chi connectivity index (χ4n) is 1.99. The topological polar surface area (TPSA) is 50.7 Å². The van der Waals surface area contributed by atoms with Crippen LogP contribution in [0.2, 0.25) is 0 Å². The predicted octanol–water partition coefficient (Wildman–Crippen LogP) is 3.24. The molecule has 0 atom stereocenters. The molecule has 0 aromatic heterocycles. The largest absolute Gasteiger partial charge is 0.496 e. The summed E-state index contributed by atoms with van der Waals surface area (Å²) < 4.78 is 5.17. The molecule has 0 bridgehead atoms. The van der Waals surface area contributed by atoms with Gasteiger partial charge in [0.25, 0.3) is 5.91 Å². The molecule has 4 nitrogen and oxygen atoms in total. The summed E-state index contributed by atoms with van der Waals surface area (Å²) in [6.07, 6.45) is 0.732. The molecule has 0 saturated carbocycles. The molecule has 1 amide bonds. The van der Waals surface area contributed by atoms with Gasteiger partial charge in [-0.1, -0.05) is 49.4 Å². The normalized spacial score (nSPS) is 11.0. The number of para-hydroxylation sites is 1. The van der Waals surface area contributed by atoms with Crippen molar-refractivity contribution in [3.8, 4) is 5.75 Å². The van der Waals surface area contributed by atoms with E-state index in [9.17, 15) is 4.79 Å². The minimum atomic E-state index is -0.283. The second kappa shape index (κ2) is 7.24. The molecule has 2 aromatic carbocycles. The maximum Gasteiger partial charge on any atom is 0.275 e. The number of rotatable bonds is 5. The number of carbonyl (C=O) groups excluding carboxylic acids is 1. The number of benzene rings is 2. The van der Waals surface area contributed by atoms with Crippen LogP contribution in [0.4, 0.5) is 0 Å². The molecule has 0 aliphatic carbocycles. The molecule has 2 aromatic rings. The molecule has 0 heterocycles. The number of methoxy groups -OCH3 is 1. The molecular formula is C17H18N2O2. The zero-order valence-electron chi connectivity index (χ0n) is 12.2. The number of nitrogens with zero attached hydrogens (tertiary/aromatic N) is 1. The van der Waals surface area contributed by atoms with Crippen molar-refractivity contribution >= 4 is 11.6 Å². The lowest BCUT2D eigenvalue weighted by Gasteiger charge is -2.08. The molecule has 0 fully saturated rings. The lowest BCUT2D eigenvalue weighted by atomic mass is 10.1. The van der Waals surface area contributed by atoms with Crippen LogP contribution in [0, 0.1) is 0 Å². The van der Waals surface area contributed by atoms with Crippen LogP contribution in [0.15, 0.2) is 59.7 Å². The van der Waals surface area contributed by atoms with Gasteiger partial charge in [0.15, 0.2) is 0 Å². The van der Waals surface area contributed by atoms with E-state index in [1.807, 2.05) is 43.3 Å². The summed E-state index contributed by atoms with van der Waals surface area (Å²) in [5, 5.41) is 4.23. The minimum absolute atomic E-state index is 0.283. The van der Waals surface area contributed by atoms with Gasteiger partial charge >= 0.3 is 0 Å². The highest BCUT2D eigenvalue weighted by Gasteiger charge is 2.11. The van der Waals surface area contributed by atoms with E-state index >= 15 is 0 Å². The maximum absolute atomic E-state index is 12.2. The monoisotopic (exact) mass is 282 g/mol. The van der Waals surface area contributed by atoms with Crippen LogP contribution >= 0.6 is 0 Å². The van der Waals surface area contributed by atoms with Gasteiger partial charge in [0.2, 0.25) is 0 Å². The Hall–Kier alpha value is -2.62. The van der Waals surface area contributed by atoms with Crippen molar-refractivity contribution in [3.05, 3.63) is 65.7 Å². The van der Waals surface area contributed by atoms with Crippen LogP contribution in [-0.4, -0.2) is 18.7 Å². The van der Waals surface area contributed by atoms with Crippen LogP contribution in [0.5, 0.6) is 5.75 Å². The summed E-state index contributed by atoms with van der Waals surface area (Å²) >= 11 is 0. The van der Waals surface area contributed by atoms with Crippen molar-refractivity contribution in [2.24, 2.45) is 5.10 Å². The lowest BCUT2D eigenvalue weighted by Crippen LogP contribution is -2.20. The Balaban J connectivity index is 2.17. The highest BCUT2D eigenvalue weighted by Crippen LogP contribution is 2.16. The third kappa shape index (κ3) is 3.69. The van der Waals surface area contributed by atoms with Gasteiger partial charge < -0.3 is 4.74 Å². The molecule has 0 spiro atoms. The van der Waals surface area contributed by atoms with E-state index in [2.05, 4.69) is 10.5 Å². The lowest BCUT2D eigenvalue weighted by molar-refractivity contribution is 0.0952. The average molecular weight is 282 g/mol. The molecule has 1 N–H and O–H groups in total. The fourth-order valence-corrected chi connectivity index (χ4v) is 1.99. The number of hydrazone groups is 1. The number of nitrogens with one attached hydrogen (secondary N) is 1. The molecule has 0 saturated heterocycles. The van der Waals surface area contributed by atoms with Crippen molar-refractivity contribution in [2.75, 3.05) is 7.11 Å². The zero-order valence-corrected chi connectivity index (χ0v) is 12.2. The first-order valence-electron chi connectivity index (χ1n) is 6.81. The summed E-state index contributed by atoms with van der Waals surface area (Å²) in [5.74, 6) is 0.247. The van der Waals surface area contributed by atoms with Crippen LogP contribution in [-0.2, 0) is 0 Å². The van der Waals surface area contributed by atoms with E-state index in [0.29, 0.717) is 11.3 Å². The van der Waals surface area contributed by atoms with E-state index in [1.165, 1.54) is 7.11 Å². The maximum atomic E-state index is 12.2. The summed E-state index contributed by atoms with van der Waals surface area (Å²) in [5.41, 5.74) is 4.89. The van der Waals surface area contributed by atoms with Gasteiger partial charge in [-0.2, -0.15) is 5.10 Å². The van der Waals surface area contributed by atoms with E-state index < -0.39 is 0 Å². The molecule has 0 aliphatic heterocycles. The second-order valence-electron chi connectivity index (χ2n) is 4.42. The van der Waals surface area contributed by atoms with E-state index in [4.69, 9.17) is 4.74 Å². The Kier molecular flexibility index (Phi) is 5.10. The third-order valence-corrected chi connectivity index (χ3v) is 3.09. The molecule has 21 heavy (non-hydrogen) atoms. The Bertz CT molecular complexity index is 636. The van der Waals surface area contributed by atoms with E-state index in [-0.39, 0.29) is 5.91 Å². The first kappa shape index (κ1) is 14.8. The summed E-state index contributed by atoms with van der Waals surface area (Å²) in [6.45, 7) is 2.00. The van der Waals surface area contributed by atoms with Crippen molar-refractivity contribution in [3.63, 3.8) is 0 Å². The van der Waals surface area contributed by atoms with E-state index in [0.717, 1.165) is 17.7 Å². The molecule has 0 radical (unpaired) electrons. The Morgan fingerprint density at radius 2 is 1.76 bits per heavy atom. The molecule has 0 unspecified atom stereocenters. The third-order valence-electron chi connectivity index (χ3n) is 3.09. The van der Waals surface area contributed by atoms with Crippen molar-refractivity contribution in [1.29, 1.82) is 0 Å². The summed E-state index contributed by atoms with van der Waals surface area (Å²) in [7, 11) is 1.54. The predicted molar refractivity (Wildman–Crippen MR) is 83.7 cm³/mol. The van der Waals surface area contributed by atoms with Crippen LogP contribution in [0.25, 0.3) is 0 Å². The molecule has 4 heteroatoms. The van der Waals surface area contributed by atoms with Crippen molar-refractivity contribution in [1.82, 2.24) is 5.43 Å². The smallest absolute Gasteiger partial charge is 0.275 e. The Labute approximate surface area is 124 Å². The first-order chi connectivity index (χ1) is 10.3. The van der Waals surface area contributed by atoms with Crippen LogP contribution < -0.4 is 10.2 Å². The highest BCUT2D eigenvalue weighted by atomic mass is 16.5. The van der Waals surface area contributed by atoms with Crippen LogP contribution in [0.1, 0.15) is 29.3 Å². The molecule has 0 aliphatic rings. The Morgan fingerprint density at radius 3 is 2.43 bits per heavy atom. The minimum Gasteiger partial charge on any atom is -0.496 e. The number of carbonyl (C=O) groups is 1. The summed E-state index contributed by atoms with van der Waals surface area (Å²) in [6, 6.07) is 16.8. The molecule has 2 rings (SSSR count). The second-order valence-corrected chi connectivity index (χ2v) is 4.42. The number of ether oxygens (including phenoxy) is 1. The molecular weight excluding hydrogens is 264 g/mol. The van der Waals surface area contributed by atoms with E-state index in [1.54, 1.807) is 18.2 Å². The average Bonchev–Trinajstić information content (AvgIpc) is 2.56. The standard InChI is InChI=1S/C17H18N2O2/c1-3-15(13-9-5-4-6-10-13)18-19-17(20)14-11-7-8-12-16(14)21-2/h4-12H,3H2,1-2H3,(H,19,20). The van der Waals surface area contributed by atoms with Crippen molar-refractivity contribution in [2.45, 2.75) is 13.3 Å².